The SMILES string of the molecule is [C-]#[N+]C(=C)C[N+](C)(C)CCC(=O)O. The zero-order valence-electron chi connectivity index (χ0n) is 8.08. The Kier molecular flexibility index (Phi) is 4.15. The van der Waals surface area contributed by atoms with E-state index in [0.717, 1.165) is 0 Å². The van der Waals surface area contributed by atoms with E-state index in [2.05, 4.69) is 11.4 Å². The monoisotopic (exact) mass is 183 g/mol. The minimum atomic E-state index is -0.806. The van der Waals surface area contributed by atoms with Crippen molar-refractivity contribution in [3.8, 4) is 0 Å². The van der Waals surface area contributed by atoms with Gasteiger partial charge in [0.1, 0.15) is 6.54 Å². The summed E-state index contributed by atoms with van der Waals surface area (Å²) in [5.74, 6) is -0.806. The third-order valence-electron chi connectivity index (χ3n) is 1.70. The van der Waals surface area contributed by atoms with Gasteiger partial charge in [0.2, 0.25) is 5.70 Å². The molecular weight excluding hydrogens is 168 g/mol. The van der Waals surface area contributed by atoms with Gasteiger partial charge in [-0.25, -0.2) is 4.85 Å². The van der Waals surface area contributed by atoms with Gasteiger partial charge in [0.15, 0.2) is 0 Å². The zero-order valence-corrected chi connectivity index (χ0v) is 8.08. The molecule has 0 aliphatic heterocycles. The molecule has 0 aromatic heterocycles. The van der Waals surface area contributed by atoms with Gasteiger partial charge in [-0.05, 0) is 0 Å². The van der Waals surface area contributed by atoms with Gasteiger partial charge in [-0.2, -0.15) is 0 Å². The lowest BCUT2D eigenvalue weighted by Crippen LogP contribution is -2.42. The average Bonchev–Trinajstić information content (AvgIpc) is 2.00. The molecule has 72 valence electrons. The van der Waals surface area contributed by atoms with Crippen LogP contribution in [0.15, 0.2) is 12.3 Å². The molecule has 0 atom stereocenters. The molecule has 0 aliphatic rings. The molecule has 0 saturated heterocycles. The fourth-order valence-electron chi connectivity index (χ4n) is 1.01. The van der Waals surface area contributed by atoms with Crippen LogP contribution >= 0.6 is 0 Å². The van der Waals surface area contributed by atoms with Crippen LogP contribution < -0.4 is 0 Å². The van der Waals surface area contributed by atoms with E-state index in [1.807, 2.05) is 14.1 Å². The van der Waals surface area contributed by atoms with Gasteiger partial charge in [0.25, 0.3) is 0 Å². The van der Waals surface area contributed by atoms with E-state index in [9.17, 15) is 4.79 Å². The molecule has 0 aromatic carbocycles. The number of carboxylic acid groups (broad SMARTS) is 1. The van der Waals surface area contributed by atoms with Crippen LogP contribution in [0.3, 0.4) is 0 Å². The molecule has 0 aromatic rings. The molecule has 0 heterocycles. The van der Waals surface area contributed by atoms with Crippen molar-refractivity contribution in [3.05, 3.63) is 23.7 Å². The highest BCUT2D eigenvalue weighted by molar-refractivity contribution is 5.66. The average molecular weight is 183 g/mol. The van der Waals surface area contributed by atoms with Crippen LogP contribution in [0.1, 0.15) is 6.42 Å². The first-order chi connectivity index (χ1) is 5.87. The first kappa shape index (κ1) is 11.7. The van der Waals surface area contributed by atoms with Gasteiger partial charge in [0.05, 0.1) is 33.6 Å². The first-order valence-corrected chi connectivity index (χ1v) is 3.96. The normalized spacial score (nSPS) is 10.5. The summed E-state index contributed by atoms with van der Waals surface area (Å²) >= 11 is 0. The lowest BCUT2D eigenvalue weighted by atomic mass is 10.3. The van der Waals surface area contributed by atoms with E-state index < -0.39 is 5.97 Å². The van der Waals surface area contributed by atoms with Crippen LogP contribution in [-0.4, -0.2) is 42.7 Å². The van der Waals surface area contributed by atoms with E-state index in [1.165, 1.54) is 0 Å². The summed E-state index contributed by atoms with van der Waals surface area (Å²) < 4.78 is 0.494. The molecule has 0 unspecified atom stereocenters. The highest BCUT2D eigenvalue weighted by Crippen LogP contribution is 2.05. The summed E-state index contributed by atoms with van der Waals surface area (Å²) in [5.41, 5.74) is 0.468. The van der Waals surface area contributed by atoms with Crippen LogP contribution in [0.2, 0.25) is 0 Å². The third-order valence-corrected chi connectivity index (χ3v) is 1.70. The summed E-state index contributed by atoms with van der Waals surface area (Å²) in [4.78, 5) is 13.5. The molecular formula is C9H15N2O2+. The topological polar surface area (TPSA) is 41.7 Å². The molecule has 4 heteroatoms. The number of quaternary nitrogens is 1. The van der Waals surface area contributed by atoms with Gasteiger partial charge < -0.3 is 9.59 Å². The van der Waals surface area contributed by atoms with Gasteiger partial charge in [0, 0.05) is 0 Å². The summed E-state index contributed by atoms with van der Waals surface area (Å²) in [6.07, 6.45) is 0.123. The van der Waals surface area contributed by atoms with Crippen molar-refractivity contribution in [3.63, 3.8) is 0 Å². The van der Waals surface area contributed by atoms with E-state index in [1.54, 1.807) is 0 Å². The predicted molar refractivity (Wildman–Crippen MR) is 49.8 cm³/mol. The molecule has 0 fully saturated rings. The molecule has 0 spiro atoms. The molecule has 4 nitrogen and oxygen atoms in total. The maximum atomic E-state index is 10.3. The number of carboxylic acids is 1. The van der Waals surface area contributed by atoms with Crippen LogP contribution in [0, 0.1) is 6.57 Å². The van der Waals surface area contributed by atoms with Crippen LogP contribution in [-0.2, 0) is 4.79 Å². The number of likely N-dealkylation sites (N-methyl/N-ethyl adjacent to an activating group) is 1. The maximum absolute atomic E-state index is 10.3. The Labute approximate surface area is 78.5 Å². The smallest absolute Gasteiger partial charge is 0.309 e. The van der Waals surface area contributed by atoms with Crippen molar-refractivity contribution < 1.29 is 14.4 Å². The Morgan fingerprint density at radius 1 is 1.62 bits per heavy atom. The van der Waals surface area contributed by atoms with E-state index in [-0.39, 0.29) is 6.42 Å². The second-order valence-corrected chi connectivity index (χ2v) is 3.64. The van der Waals surface area contributed by atoms with Crippen molar-refractivity contribution in [1.82, 2.24) is 0 Å². The molecule has 13 heavy (non-hydrogen) atoms. The quantitative estimate of drug-likeness (QED) is 0.509. The Bertz CT molecular complexity index is 251. The van der Waals surface area contributed by atoms with Crippen molar-refractivity contribution in [1.29, 1.82) is 0 Å². The first-order valence-electron chi connectivity index (χ1n) is 3.96. The van der Waals surface area contributed by atoms with E-state index in [4.69, 9.17) is 11.7 Å². The van der Waals surface area contributed by atoms with Crippen LogP contribution in [0.5, 0.6) is 0 Å². The number of aliphatic carboxylic acids is 1. The van der Waals surface area contributed by atoms with Gasteiger partial charge in [-0.15, -0.1) is 0 Å². The van der Waals surface area contributed by atoms with Crippen LogP contribution in [0.25, 0.3) is 4.85 Å². The largest absolute Gasteiger partial charge is 0.481 e. The van der Waals surface area contributed by atoms with E-state index >= 15 is 0 Å². The summed E-state index contributed by atoms with van der Waals surface area (Å²) in [7, 11) is 3.78. The highest BCUT2D eigenvalue weighted by atomic mass is 16.4. The molecule has 1 N–H and O–H groups in total. The van der Waals surface area contributed by atoms with Crippen molar-refractivity contribution in [2.75, 3.05) is 27.2 Å². The van der Waals surface area contributed by atoms with Gasteiger partial charge in [-0.3, -0.25) is 4.79 Å². The van der Waals surface area contributed by atoms with Crippen molar-refractivity contribution >= 4 is 5.97 Å². The summed E-state index contributed by atoms with van der Waals surface area (Å²) in [6.45, 7) is 11.3. The van der Waals surface area contributed by atoms with Gasteiger partial charge in [-0.1, -0.05) is 6.58 Å². The number of nitrogens with zero attached hydrogens (tertiary/aromatic N) is 2. The Morgan fingerprint density at radius 2 is 2.15 bits per heavy atom. The van der Waals surface area contributed by atoms with Gasteiger partial charge >= 0.3 is 5.97 Å². The molecule has 0 radical (unpaired) electrons. The van der Waals surface area contributed by atoms with Crippen molar-refractivity contribution in [2.45, 2.75) is 6.42 Å². The fraction of sp³-hybridized carbons (Fsp3) is 0.556. The zero-order chi connectivity index (χ0) is 10.5. The lowest BCUT2D eigenvalue weighted by molar-refractivity contribution is -0.884. The highest BCUT2D eigenvalue weighted by Gasteiger charge is 2.17. The lowest BCUT2D eigenvalue weighted by Gasteiger charge is -2.28. The Morgan fingerprint density at radius 3 is 2.54 bits per heavy atom. The summed E-state index contributed by atoms with van der Waals surface area (Å²) in [6, 6.07) is 0. The third kappa shape index (κ3) is 5.88. The predicted octanol–water partition coefficient (Wildman–Crippen LogP) is 0.970. The Hall–Kier alpha value is -1.34. The van der Waals surface area contributed by atoms with Crippen molar-refractivity contribution in [2.24, 2.45) is 0 Å². The molecule has 0 amide bonds. The summed E-state index contributed by atoms with van der Waals surface area (Å²) in [5, 5.41) is 8.48. The standard InChI is InChI=1S/C9H14N2O2/c1-8(10-2)7-11(3,4)6-5-9(12)13/h1,5-7H2,3-4H3/p+1. The fourth-order valence-corrected chi connectivity index (χ4v) is 1.01. The molecule has 0 saturated carbocycles. The van der Waals surface area contributed by atoms with E-state index in [0.29, 0.717) is 23.3 Å². The number of hydrogen-bond donors (Lipinski definition) is 1. The molecule has 0 rings (SSSR count). The second kappa shape index (κ2) is 4.63. The number of carbonyl (C=O) groups is 1. The minimum Gasteiger partial charge on any atom is -0.481 e. The minimum absolute atomic E-state index is 0.123. The molecule has 0 bridgehead atoms. The Balaban J connectivity index is 4.02. The second-order valence-electron chi connectivity index (χ2n) is 3.64. The molecule has 0 aliphatic carbocycles. The van der Waals surface area contributed by atoms with Crippen LogP contribution in [0.4, 0.5) is 0 Å². The number of rotatable bonds is 5. The maximum Gasteiger partial charge on any atom is 0.309 e. The number of hydrogen-bond acceptors (Lipinski definition) is 1.